The SMILES string of the molecule is CN(C)S(=O)(=O)c1ccc(CCS(=O)(=O)Nc2ccc(F)cc2)cc1. The molecule has 0 spiro atoms. The van der Waals surface area contributed by atoms with E-state index < -0.39 is 25.9 Å². The van der Waals surface area contributed by atoms with Gasteiger partial charge in [0, 0.05) is 19.8 Å². The van der Waals surface area contributed by atoms with Gasteiger partial charge in [0.05, 0.1) is 10.6 Å². The van der Waals surface area contributed by atoms with Crippen LogP contribution in [0.5, 0.6) is 0 Å². The Morgan fingerprint density at radius 3 is 2.00 bits per heavy atom. The summed E-state index contributed by atoms with van der Waals surface area (Å²) >= 11 is 0. The molecule has 6 nitrogen and oxygen atoms in total. The van der Waals surface area contributed by atoms with E-state index >= 15 is 0 Å². The number of benzene rings is 2. The number of rotatable bonds is 7. The maximum absolute atomic E-state index is 12.8. The first-order valence-corrected chi connectivity index (χ1v) is 10.5. The highest BCUT2D eigenvalue weighted by Crippen LogP contribution is 2.15. The molecule has 0 heterocycles. The van der Waals surface area contributed by atoms with Crippen LogP contribution in [0.15, 0.2) is 53.4 Å². The predicted molar refractivity (Wildman–Crippen MR) is 94.8 cm³/mol. The van der Waals surface area contributed by atoms with Gasteiger partial charge in [0.25, 0.3) is 0 Å². The first kappa shape index (κ1) is 19.4. The van der Waals surface area contributed by atoms with Gasteiger partial charge < -0.3 is 0 Å². The minimum atomic E-state index is -3.60. The quantitative estimate of drug-likeness (QED) is 0.790. The number of hydrogen-bond acceptors (Lipinski definition) is 4. The van der Waals surface area contributed by atoms with E-state index in [0.717, 1.165) is 4.31 Å². The van der Waals surface area contributed by atoms with E-state index in [0.29, 0.717) is 5.56 Å². The summed E-state index contributed by atoms with van der Waals surface area (Å²) in [6, 6.07) is 11.1. The molecule has 25 heavy (non-hydrogen) atoms. The number of sulfonamides is 2. The van der Waals surface area contributed by atoms with Crippen molar-refractivity contribution in [2.75, 3.05) is 24.6 Å². The van der Waals surface area contributed by atoms with Crippen molar-refractivity contribution in [1.82, 2.24) is 4.31 Å². The maximum Gasteiger partial charge on any atom is 0.242 e. The monoisotopic (exact) mass is 386 g/mol. The molecular weight excluding hydrogens is 367 g/mol. The standard InChI is InChI=1S/C16H19FN2O4S2/c1-19(2)25(22,23)16-9-3-13(4-10-16)11-12-24(20,21)18-15-7-5-14(17)6-8-15/h3-10,18H,11-12H2,1-2H3. The molecule has 0 bridgehead atoms. The largest absolute Gasteiger partial charge is 0.284 e. The van der Waals surface area contributed by atoms with Crippen LogP contribution in [-0.2, 0) is 26.5 Å². The molecule has 1 N–H and O–H groups in total. The number of nitrogens with one attached hydrogen (secondary N) is 1. The van der Waals surface area contributed by atoms with Gasteiger partial charge in [0.2, 0.25) is 20.0 Å². The number of aryl methyl sites for hydroxylation is 1. The predicted octanol–water partition coefficient (Wildman–Crippen LogP) is 2.06. The van der Waals surface area contributed by atoms with Crippen molar-refractivity contribution in [3.05, 3.63) is 59.9 Å². The van der Waals surface area contributed by atoms with E-state index in [1.165, 1.54) is 50.5 Å². The van der Waals surface area contributed by atoms with E-state index in [1.54, 1.807) is 12.1 Å². The highest BCUT2D eigenvalue weighted by atomic mass is 32.2. The van der Waals surface area contributed by atoms with E-state index in [-0.39, 0.29) is 22.8 Å². The van der Waals surface area contributed by atoms with E-state index in [4.69, 9.17) is 0 Å². The van der Waals surface area contributed by atoms with Gasteiger partial charge >= 0.3 is 0 Å². The topological polar surface area (TPSA) is 83.6 Å². The molecule has 0 aliphatic rings. The smallest absolute Gasteiger partial charge is 0.242 e. The first-order valence-electron chi connectivity index (χ1n) is 7.38. The fraction of sp³-hybridized carbons (Fsp3) is 0.250. The van der Waals surface area contributed by atoms with Crippen LogP contribution in [0.3, 0.4) is 0 Å². The molecule has 0 fully saturated rings. The highest BCUT2D eigenvalue weighted by Gasteiger charge is 2.17. The van der Waals surface area contributed by atoms with Gasteiger partial charge in [-0.15, -0.1) is 0 Å². The Labute approximate surface area is 147 Å². The molecule has 0 aromatic heterocycles. The van der Waals surface area contributed by atoms with Crippen molar-refractivity contribution in [3.8, 4) is 0 Å². The van der Waals surface area contributed by atoms with Crippen LogP contribution >= 0.6 is 0 Å². The third-order valence-corrected chi connectivity index (χ3v) is 6.60. The van der Waals surface area contributed by atoms with E-state index in [2.05, 4.69) is 4.72 Å². The fourth-order valence-corrected chi connectivity index (χ4v) is 4.04. The van der Waals surface area contributed by atoms with Crippen molar-refractivity contribution in [3.63, 3.8) is 0 Å². The van der Waals surface area contributed by atoms with Gasteiger partial charge in [-0.1, -0.05) is 12.1 Å². The lowest BCUT2D eigenvalue weighted by Gasteiger charge is -2.12. The van der Waals surface area contributed by atoms with E-state index in [1.807, 2.05) is 0 Å². The summed E-state index contributed by atoms with van der Waals surface area (Å²) in [6.45, 7) is 0. The Balaban J connectivity index is 2.02. The molecule has 0 saturated carbocycles. The van der Waals surface area contributed by atoms with Crippen molar-refractivity contribution in [1.29, 1.82) is 0 Å². The highest BCUT2D eigenvalue weighted by molar-refractivity contribution is 7.92. The molecule has 2 rings (SSSR count). The molecule has 0 aliphatic heterocycles. The summed E-state index contributed by atoms with van der Waals surface area (Å²) in [6.07, 6.45) is 0.221. The number of halogens is 1. The summed E-state index contributed by atoms with van der Waals surface area (Å²) in [4.78, 5) is 0.147. The van der Waals surface area contributed by atoms with Gasteiger partial charge in [-0.3, -0.25) is 4.72 Å². The van der Waals surface area contributed by atoms with Crippen LogP contribution < -0.4 is 4.72 Å². The Morgan fingerprint density at radius 1 is 0.920 bits per heavy atom. The molecule has 0 unspecified atom stereocenters. The number of hydrogen-bond donors (Lipinski definition) is 1. The Morgan fingerprint density at radius 2 is 1.48 bits per heavy atom. The normalized spacial score (nSPS) is 12.3. The third kappa shape index (κ3) is 5.25. The minimum absolute atomic E-state index is 0.147. The minimum Gasteiger partial charge on any atom is -0.284 e. The molecular formula is C16H19FN2O4S2. The molecule has 2 aromatic carbocycles. The molecule has 0 amide bonds. The maximum atomic E-state index is 12.8. The molecule has 0 aliphatic carbocycles. The summed E-state index contributed by atoms with van der Waals surface area (Å²) < 4.78 is 64.4. The molecule has 9 heteroatoms. The average molecular weight is 386 g/mol. The van der Waals surface area contributed by atoms with Gasteiger partial charge in [-0.2, -0.15) is 0 Å². The van der Waals surface area contributed by atoms with Crippen LogP contribution in [0.4, 0.5) is 10.1 Å². The zero-order chi connectivity index (χ0) is 18.7. The van der Waals surface area contributed by atoms with Gasteiger partial charge in [0.1, 0.15) is 5.82 Å². The third-order valence-electron chi connectivity index (χ3n) is 3.48. The van der Waals surface area contributed by atoms with Gasteiger partial charge in [-0.05, 0) is 48.4 Å². The van der Waals surface area contributed by atoms with Gasteiger partial charge in [0.15, 0.2) is 0 Å². The summed E-state index contributed by atoms with van der Waals surface area (Å²) in [7, 11) is -4.22. The Kier molecular flexibility index (Phi) is 5.81. The lowest BCUT2D eigenvalue weighted by molar-refractivity contribution is 0.520. The average Bonchev–Trinajstić information content (AvgIpc) is 2.55. The van der Waals surface area contributed by atoms with Crippen LogP contribution in [0.1, 0.15) is 5.56 Å². The van der Waals surface area contributed by atoms with Crippen LogP contribution in [0.2, 0.25) is 0 Å². The summed E-state index contributed by atoms with van der Waals surface area (Å²) in [5.74, 6) is -0.625. The number of nitrogens with zero attached hydrogens (tertiary/aromatic N) is 1. The van der Waals surface area contributed by atoms with Gasteiger partial charge in [-0.25, -0.2) is 25.5 Å². The Bertz CT molecular complexity index is 923. The van der Waals surface area contributed by atoms with Crippen molar-refractivity contribution in [2.45, 2.75) is 11.3 Å². The van der Waals surface area contributed by atoms with Crippen LogP contribution in [0, 0.1) is 5.82 Å². The summed E-state index contributed by atoms with van der Waals surface area (Å²) in [5.41, 5.74) is 0.982. The summed E-state index contributed by atoms with van der Waals surface area (Å²) in [5, 5.41) is 0. The molecule has 0 saturated heterocycles. The number of anilines is 1. The second-order valence-electron chi connectivity index (χ2n) is 5.61. The van der Waals surface area contributed by atoms with Crippen molar-refractivity contribution in [2.24, 2.45) is 0 Å². The lowest BCUT2D eigenvalue weighted by Crippen LogP contribution is -2.22. The molecule has 0 atom stereocenters. The van der Waals surface area contributed by atoms with Crippen molar-refractivity contribution >= 4 is 25.7 Å². The molecule has 0 radical (unpaired) electrons. The second-order valence-corrected chi connectivity index (χ2v) is 9.60. The zero-order valence-corrected chi connectivity index (χ0v) is 15.4. The first-order chi connectivity index (χ1) is 11.6. The van der Waals surface area contributed by atoms with Crippen molar-refractivity contribution < 1.29 is 21.2 Å². The molecule has 2 aromatic rings. The lowest BCUT2D eigenvalue weighted by atomic mass is 10.2. The molecule has 136 valence electrons. The zero-order valence-electron chi connectivity index (χ0n) is 13.8. The van der Waals surface area contributed by atoms with Crippen LogP contribution in [-0.4, -0.2) is 41.0 Å². The van der Waals surface area contributed by atoms with E-state index in [9.17, 15) is 21.2 Å². The second kappa shape index (κ2) is 7.51. The van der Waals surface area contributed by atoms with Crippen LogP contribution in [0.25, 0.3) is 0 Å². The fourth-order valence-electron chi connectivity index (χ4n) is 2.04. The Hall–Kier alpha value is -1.97.